The van der Waals surface area contributed by atoms with Gasteiger partial charge < -0.3 is 9.67 Å². The summed E-state index contributed by atoms with van der Waals surface area (Å²) in [6, 6.07) is 6.14. The van der Waals surface area contributed by atoms with Gasteiger partial charge in [-0.05, 0) is 24.3 Å². The van der Waals surface area contributed by atoms with Crippen molar-refractivity contribution < 1.29 is 9.90 Å². The Morgan fingerprint density at radius 1 is 1.19 bits per heavy atom. The Hall–Kier alpha value is -2.30. The molecule has 5 heteroatoms. The Kier molecular flexibility index (Phi) is 2.36. The molecule has 0 aliphatic carbocycles. The molecule has 2 aromatic rings. The Morgan fingerprint density at radius 3 is 2.25 bits per heavy atom. The van der Waals surface area contributed by atoms with E-state index in [1.54, 1.807) is 31.6 Å². The molecule has 1 N–H and O–H groups in total. The number of carboxylic acids is 1. The van der Waals surface area contributed by atoms with Crippen LogP contribution in [-0.4, -0.2) is 20.2 Å². The lowest BCUT2D eigenvalue weighted by Crippen LogP contribution is -2.20. The molecule has 0 bridgehead atoms. The van der Waals surface area contributed by atoms with Crippen molar-refractivity contribution in [3.63, 3.8) is 0 Å². The van der Waals surface area contributed by atoms with Crippen LogP contribution in [0.3, 0.4) is 0 Å². The van der Waals surface area contributed by atoms with Crippen LogP contribution in [0.15, 0.2) is 41.5 Å². The second-order valence-corrected chi connectivity index (χ2v) is 3.41. The molecule has 2 rings (SSSR count). The van der Waals surface area contributed by atoms with Crippen LogP contribution in [0, 0.1) is 0 Å². The van der Waals surface area contributed by atoms with Crippen LogP contribution in [-0.2, 0) is 7.05 Å². The van der Waals surface area contributed by atoms with Gasteiger partial charge >= 0.3 is 11.7 Å². The lowest BCUT2D eigenvalue weighted by Gasteiger charge is -2.01. The van der Waals surface area contributed by atoms with Gasteiger partial charge in [-0.1, -0.05) is 0 Å². The summed E-state index contributed by atoms with van der Waals surface area (Å²) in [7, 11) is 1.66. The van der Waals surface area contributed by atoms with Gasteiger partial charge in [-0.15, -0.1) is 0 Å². The predicted molar refractivity (Wildman–Crippen MR) is 58.0 cm³/mol. The topological polar surface area (TPSA) is 64.2 Å². The lowest BCUT2D eigenvalue weighted by molar-refractivity contribution is 0.0697. The summed E-state index contributed by atoms with van der Waals surface area (Å²) >= 11 is 0. The van der Waals surface area contributed by atoms with E-state index in [-0.39, 0.29) is 11.3 Å². The first kappa shape index (κ1) is 10.2. The molecule has 0 atom stereocenters. The second kappa shape index (κ2) is 3.69. The maximum absolute atomic E-state index is 11.6. The van der Waals surface area contributed by atoms with Gasteiger partial charge in [-0.3, -0.25) is 4.57 Å². The molecule has 0 aliphatic heterocycles. The smallest absolute Gasteiger partial charge is 0.335 e. The van der Waals surface area contributed by atoms with Crippen molar-refractivity contribution in [3.05, 3.63) is 52.7 Å². The van der Waals surface area contributed by atoms with E-state index < -0.39 is 5.97 Å². The van der Waals surface area contributed by atoms with Crippen molar-refractivity contribution >= 4 is 5.97 Å². The van der Waals surface area contributed by atoms with E-state index in [9.17, 15) is 9.59 Å². The summed E-state index contributed by atoms with van der Waals surface area (Å²) in [4.78, 5) is 22.2. The summed E-state index contributed by atoms with van der Waals surface area (Å²) in [6.07, 6.45) is 3.28. The molecule has 1 aromatic carbocycles. The minimum absolute atomic E-state index is 0.164. The van der Waals surface area contributed by atoms with E-state index in [0.717, 1.165) is 0 Å². The van der Waals surface area contributed by atoms with E-state index in [4.69, 9.17) is 5.11 Å². The standard InChI is InChI=1S/C11H10N2O3/c1-12-6-7-13(11(12)16)9-4-2-8(3-5-9)10(14)15/h2-7H,1H3,(H,14,15). The zero-order chi connectivity index (χ0) is 11.7. The van der Waals surface area contributed by atoms with E-state index in [0.29, 0.717) is 5.69 Å². The lowest BCUT2D eigenvalue weighted by atomic mass is 10.2. The third kappa shape index (κ3) is 1.63. The number of aryl methyl sites for hydroxylation is 1. The molecule has 5 nitrogen and oxygen atoms in total. The molecule has 0 amide bonds. The van der Waals surface area contributed by atoms with Gasteiger partial charge in [-0.25, -0.2) is 9.59 Å². The molecule has 1 heterocycles. The number of hydrogen-bond acceptors (Lipinski definition) is 2. The SMILES string of the molecule is Cn1ccn(-c2ccc(C(=O)O)cc2)c1=O. The second-order valence-electron chi connectivity index (χ2n) is 3.41. The molecule has 0 spiro atoms. The number of hydrogen-bond donors (Lipinski definition) is 1. The number of imidazole rings is 1. The Morgan fingerprint density at radius 2 is 1.81 bits per heavy atom. The number of benzene rings is 1. The van der Waals surface area contributed by atoms with Gasteiger partial charge in [0.05, 0.1) is 11.3 Å². The van der Waals surface area contributed by atoms with Crippen molar-refractivity contribution in [3.8, 4) is 5.69 Å². The van der Waals surface area contributed by atoms with Gasteiger partial charge in [0, 0.05) is 19.4 Å². The third-order valence-electron chi connectivity index (χ3n) is 2.34. The predicted octanol–water partition coefficient (Wildman–Crippen LogP) is 0.874. The highest BCUT2D eigenvalue weighted by Gasteiger charge is 2.05. The molecule has 16 heavy (non-hydrogen) atoms. The van der Waals surface area contributed by atoms with Crippen molar-refractivity contribution in [2.75, 3.05) is 0 Å². The fourth-order valence-electron chi connectivity index (χ4n) is 1.43. The Labute approximate surface area is 91.2 Å². The molecule has 0 radical (unpaired) electrons. The Balaban J connectivity index is 2.46. The molecular formula is C11H10N2O3. The van der Waals surface area contributed by atoms with E-state index in [2.05, 4.69) is 0 Å². The largest absolute Gasteiger partial charge is 0.478 e. The summed E-state index contributed by atoms with van der Waals surface area (Å²) in [5, 5.41) is 8.73. The number of carboxylic acid groups (broad SMARTS) is 1. The first-order chi connectivity index (χ1) is 7.59. The highest BCUT2D eigenvalue weighted by atomic mass is 16.4. The quantitative estimate of drug-likeness (QED) is 0.813. The Bertz CT molecular complexity index is 578. The fraction of sp³-hybridized carbons (Fsp3) is 0.0909. The van der Waals surface area contributed by atoms with E-state index >= 15 is 0 Å². The first-order valence-electron chi connectivity index (χ1n) is 4.67. The van der Waals surface area contributed by atoms with Gasteiger partial charge in [0.1, 0.15) is 0 Å². The minimum atomic E-state index is -0.980. The normalized spacial score (nSPS) is 10.3. The van der Waals surface area contributed by atoms with Crippen LogP contribution in [0.25, 0.3) is 5.69 Å². The number of rotatable bonds is 2. The van der Waals surface area contributed by atoms with E-state index in [1.165, 1.54) is 21.3 Å². The summed E-state index contributed by atoms with van der Waals surface area (Å²) < 4.78 is 2.90. The zero-order valence-corrected chi connectivity index (χ0v) is 8.62. The number of carbonyl (C=O) groups is 1. The van der Waals surface area contributed by atoms with Crippen molar-refractivity contribution in [1.29, 1.82) is 0 Å². The monoisotopic (exact) mass is 218 g/mol. The van der Waals surface area contributed by atoms with Gasteiger partial charge in [-0.2, -0.15) is 0 Å². The summed E-state index contributed by atoms with van der Waals surface area (Å²) in [5.74, 6) is -0.980. The molecule has 1 aromatic heterocycles. The molecule has 0 fully saturated rings. The molecular weight excluding hydrogens is 208 g/mol. The van der Waals surface area contributed by atoms with Gasteiger partial charge in [0.15, 0.2) is 0 Å². The van der Waals surface area contributed by atoms with E-state index in [1.807, 2.05) is 0 Å². The highest BCUT2D eigenvalue weighted by Crippen LogP contribution is 2.07. The van der Waals surface area contributed by atoms with Crippen LogP contribution in [0.1, 0.15) is 10.4 Å². The van der Waals surface area contributed by atoms with Crippen LogP contribution < -0.4 is 5.69 Å². The zero-order valence-electron chi connectivity index (χ0n) is 8.62. The highest BCUT2D eigenvalue weighted by molar-refractivity contribution is 5.87. The maximum Gasteiger partial charge on any atom is 0.335 e. The van der Waals surface area contributed by atoms with Crippen LogP contribution >= 0.6 is 0 Å². The number of nitrogens with zero attached hydrogens (tertiary/aromatic N) is 2. The molecule has 82 valence electrons. The van der Waals surface area contributed by atoms with Crippen molar-refractivity contribution in [2.45, 2.75) is 0 Å². The van der Waals surface area contributed by atoms with Gasteiger partial charge in [0.2, 0.25) is 0 Å². The fourth-order valence-corrected chi connectivity index (χ4v) is 1.43. The average Bonchev–Trinajstić information content (AvgIpc) is 2.60. The number of aromatic nitrogens is 2. The molecule has 0 unspecified atom stereocenters. The molecule has 0 aliphatic rings. The van der Waals surface area contributed by atoms with Crippen molar-refractivity contribution in [2.24, 2.45) is 7.05 Å². The van der Waals surface area contributed by atoms with Crippen LogP contribution in [0.5, 0.6) is 0 Å². The third-order valence-corrected chi connectivity index (χ3v) is 2.34. The average molecular weight is 218 g/mol. The summed E-state index contributed by atoms with van der Waals surface area (Å²) in [6.45, 7) is 0. The van der Waals surface area contributed by atoms with Gasteiger partial charge in [0.25, 0.3) is 0 Å². The minimum Gasteiger partial charge on any atom is -0.478 e. The molecule has 0 saturated heterocycles. The van der Waals surface area contributed by atoms with Crippen LogP contribution in [0.4, 0.5) is 0 Å². The summed E-state index contributed by atoms with van der Waals surface area (Å²) in [5.41, 5.74) is 0.686. The van der Waals surface area contributed by atoms with Crippen molar-refractivity contribution in [1.82, 2.24) is 9.13 Å². The maximum atomic E-state index is 11.6. The number of aromatic carboxylic acids is 1. The van der Waals surface area contributed by atoms with Crippen LogP contribution in [0.2, 0.25) is 0 Å². The first-order valence-corrected chi connectivity index (χ1v) is 4.67. The molecule has 0 saturated carbocycles.